The Morgan fingerprint density at radius 2 is 1.83 bits per heavy atom. The van der Waals surface area contributed by atoms with E-state index in [2.05, 4.69) is 5.32 Å². The highest BCUT2D eigenvalue weighted by Crippen LogP contribution is 2.29. The Hall–Kier alpha value is -1.95. The summed E-state index contributed by atoms with van der Waals surface area (Å²) in [6.45, 7) is 1.83. The molecule has 0 saturated carbocycles. The number of carbonyl (C=O) groups excluding carboxylic acids is 1. The van der Waals surface area contributed by atoms with E-state index in [1.165, 1.54) is 17.8 Å². The van der Waals surface area contributed by atoms with Crippen LogP contribution < -0.4 is 5.32 Å². The topological polar surface area (TPSA) is 29.1 Å². The molecule has 0 aliphatic rings. The Morgan fingerprint density at radius 3 is 2.48 bits per heavy atom. The van der Waals surface area contributed by atoms with Crippen molar-refractivity contribution in [3.8, 4) is 0 Å². The van der Waals surface area contributed by atoms with Crippen molar-refractivity contribution in [2.75, 3.05) is 0 Å². The third-order valence-corrected chi connectivity index (χ3v) is 4.26. The lowest BCUT2D eigenvalue weighted by Crippen LogP contribution is -2.30. The van der Waals surface area contributed by atoms with Gasteiger partial charge in [0, 0.05) is 11.4 Å². The fourth-order valence-corrected chi connectivity index (χ4v) is 2.86. The van der Waals surface area contributed by atoms with Gasteiger partial charge in [0.1, 0.15) is 0 Å². The third kappa shape index (κ3) is 5.32. The second-order valence-electron chi connectivity index (χ2n) is 4.99. The Kier molecular flexibility index (Phi) is 5.71. The number of halogens is 3. The summed E-state index contributed by atoms with van der Waals surface area (Å²) in [5, 5.41) is 2.34. The Morgan fingerprint density at radius 1 is 1.13 bits per heavy atom. The number of alkyl halides is 3. The minimum atomic E-state index is -4.38. The second kappa shape index (κ2) is 7.55. The fraction of sp³-hybridized carbons (Fsp3) is 0.235. The van der Waals surface area contributed by atoms with Gasteiger partial charge < -0.3 is 5.32 Å². The molecule has 2 rings (SSSR count). The molecule has 2 aromatic carbocycles. The molecule has 6 heteroatoms. The molecule has 1 amide bonds. The van der Waals surface area contributed by atoms with Crippen LogP contribution in [0.15, 0.2) is 59.5 Å². The predicted octanol–water partition coefficient (Wildman–Crippen LogP) is 4.50. The lowest BCUT2D eigenvalue weighted by atomic mass is 10.1. The number of benzene rings is 2. The highest BCUT2D eigenvalue weighted by Gasteiger charge is 2.30. The first-order valence-corrected chi connectivity index (χ1v) is 7.90. The first-order chi connectivity index (χ1) is 10.9. The van der Waals surface area contributed by atoms with Crippen LogP contribution in [-0.4, -0.2) is 11.2 Å². The maximum Gasteiger partial charge on any atom is 0.416 e. The molecule has 122 valence electrons. The smallest absolute Gasteiger partial charge is 0.351 e. The maximum absolute atomic E-state index is 12.6. The van der Waals surface area contributed by atoms with Crippen LogP contribution in [0.25, 0.3) is 0 Å². The molecule has 1 N–H and O–H groups in total. The molecule has 2 aromatic rings. The van der Waals surface area contributed by atoms with E-state index in [-0.39, 0.29) is 17.7 Å². The van der Waals surface area contributed by atoms with Gasteiger partial charge in [0.05, 0.1) is 10.8 Å². The van der Waals surface area contributed by atoms with Gasteiger partial charge in [-0.05, 0) is 36.8 Å². The number of amides is 1. The molecule has 0 heterocycles. The molecular weight excluding hydrogens is 323 g/mol. The van der Waals surface area contributed by atoms with Crippen molar-refractivity contribution in [2.45, 2.75) is 29.8 Å². The van der Waals surface area contributed by atoms with E-state index in [4.69, 9.17) is 0 Å². The van der Waals surface area contributed by atoms with Crippen LogP contribution in [0.1, 0.15) is 18.1 Å². The highest BCUT2D eigenvalue weighted by atomic mass is 32.2. The van der Waals surface area contributed by atoms with E-state index in [1.807, 2.05) is 30.3 Å². The minimum absolute atomic E-state index is 0.0719. The normalized spacial score (nSPS) is 12.7. The minimum Gasteiger partial charge on any atom is -0.351 e. The van der Waals surface area contributed by atoms with E-state index in [0.29, 0.717) is 5.56 Å². The van der Waals surface area contributed by atoms with Crippen molar-refractivity contribution < 1.29 is 18.0 Å². The van der Waals surface area contributed by atoms with Crippen LogP contribution in [0.2, 0.25) is 0 Å². The SMILES string of the molecule is C[C@H](Sc1ccccc1)C(=O)NCc1cccc(C(F)(F)F)c1. The molecule has 0 saturated heterocycles. The number of carbonyl (C=O) groups is 1. The van der Waals surface area contributed by atoms with Crippen molar-refractivity contribution in [3.05, 3.63) is 65.7 Å². The van der Waals surface area contributed by atoms with Crippen molar-refractivity contribution >= 4 is 17.7 Å². The third-order valence-electron chi connectivity index (χ3n) is 3.15. The van der Waals surface area contributed by atoms with Crippen molar-refractivity contribution in [1.82, 2.24) is 5.32 Å². The number of nitrogens with one attached hydrogen (secondary N) is 1. The zero-order valence-corrected chi connectivity index (χ0v) is 13.2. The van der Waals surface area contributed by atoms with Crippen molar-refractivity contribution in [1.29, 1.82) is 0 Å². The highest BCUT2D eigenvalue weighted by molar-refractivity contribution is 8.00. The summed E-state index contributed by atoms with van der Waals surface area (Å²) in [4.78, 5) is 13.0. The summed E-state index contributed by atoms with van der Waals surface area (Å²) >= 11 is 1.40. The monoisotopic (exact) mass is 339 g/mol. The Balaban J connectivity index is 1.91. The van der Waals surface area contributed by atoms with Gasteiger partial charge in [-0.15, -0.1) is 11.8 Å². The molecule has 0 aromatic heterocycles. The van der Waals surface area contributed by atoms with Gasteiger partial charge >= 0.3 is 6.18 Å². The average Bonchev–Trinajstić information content (AvgIpc) is 2.53. The molecule has 2 nitrogen and oxygen atoms in total. The zero-order valence-electron chi connectivity index (χ0n) is 12.4. The molecular formula is C17H16F3NOS. The summed E-state index contributed by atoms with van der Waals surface area (Å²) in [5.41, 5.74) is -0.291. The largest absolute Gasteiger partial charge is 0.416 e. The van der Waals surface area contributed by atoms with E-state index in [0.717, 1.165) is 17.0 Å². The van der Waals surface area contributed by atoms with E-state index >= 15 is 0 Å². The summed E-state index contributed by atoms with van der Waals surface area (Å²) in [6, 6.07) is 14.4. The van der Waals surface area contributed by atoms with Crippen LogP contribution in [0.5, 0.6) is 0 Å². The zero-order chi connectivity index (χ0) is 16.9. The Labute approximate surface area is 137 Å². The summed E-state index contributed by atoms with van der Waals surface area (Å²) < 4.78 is 37.9. The van der Waals surface area contributed by atoms with Gasteiger partial charge in [-0.2, -0.15) is 13.2 Å². The molecule has 0 unspecified atom stereocenters. The summed E-state index contributed by atoms with van der Waals surface area (Å²) in [5.74, 6) is -0.212. The van der Waals surface area contributed by atoms with Gasteiger partial charge in [-0.25, -0.2) is 0 Å². The first kappa shape index (κ1) is 17.4. The number of hydrogen-bond donors (Lipinski definition) is 1. The average molecular weight is 339 g/mol. The molecule has 0 radical (unpaired) electrons. The molecule has 0 bridgehead atoms. The standard InChI is InChI=1S/C17H16F3NOS/c1-12(23-15-8-3-2-4-9-15)16(22)21-11-13-6-5-7-14(10-13)17(18,19)20/h2-10,12H,11H2,1H3,(H,21,22)/t12-/m0/s1. The molecule has 0 fully saturated rings. The van der Waals surface area contributed by atoms with Crippen LogP contribution in [0.4, 0.5) is 13.2 Å². The number of thioether (sulfide) groups is 1. The van der Waals surface area contributed by atoms with Gasteiger partial charge in [0.25, 0.3) is 0 Å². The molecule has 1 atom stereocenters. The lowest BCUT2D eigenvalue weighted by Gasteiger charge is -2.13. The van der Waals surface area contributed by atoms with Crippen molar-refractivity contribution in [3.63, 3.8) is 0 Å². The van der Waals surface area contributed by atoms with Crippen molar-refractivity contribution in [2.24, 2.45) is 0 Å². The lowest BCUT2D eigenvalue weighted by molar-refractivity contribution is -0.137. The van der Waals surface area contributed by atoms with Gasteiger partial charge in [0.15, 0.2) is 0 Å². The van der Waals surface area contributed by atoms with Gasteiger partial charge in [-0.1, -0.05) is 30.3 Å². The van der Waals surface area contributed by atoms with Crippen LogP contribution >= 0.6 is 11.8 Å². The maximum atomic E-state index is 12.6. The fourth-order valence-electron chi connectivity index (χ4n) is 1.95. The van der Waals surface area contributed by atoms with E-state index < -0.39 is 11.7 Å². The quantitative estimate of drug-likeness (QED) is 0.813. The summed E-state index contributed by atoms with van der Waals surface area (Å²) in [6.07, 6.45) is -4.38. The van der Waals surface area contributed by atoms with Gasteiger partial charge in [-0.3, -0.25) is 4.79 Å². The van der Waals surface area contributed by atoms with Crippen LogP contribution in [0.3, 0.4) is 0 Å². The Bertz CT molecular complexity index is 658. The van der Waals surface area contributed by atoms with E-state index in [9.17, 15) is 18.0 Å². The van der Waals surface area contributed by atoms with Crippen LogP contribution in [0, 0.1) is 0 Å². The first-order valence-electron chi connectivity index (χ1n) is 7.02. The predicted molar refractivity (Wildman–Crippen MR) is 85.1 cm³/mol. The van der Waals surface area contributed by atoms with Crippen LogP contribution in [-0.2, 0) is 17.5 Å². The number of hydrogen-bond acceptors (Lipinski definition) is 2. The molecule has 23 heavy (non-hydrogen) atoms. The number of rotatable bonds is 5. The molecule has 0 aliphatic heterocycles. The summed E-state index contributed by atoms with van der Waals surface area (Å²) in [7, 11) is 0. The second-order valence-corrected chi connectivity index (χ2v) is 6.40. The molecule has 0 spiro atoms. The molecule has 0 aliphatic carbocycles. The van der Waals surface area contributed by atoms with Gasteiger partial charge in [0.2, 0.25) is 5.91 Å². The van der Waals surface area contributed by atoms with E-state index in [1.54, 1.807) is 13.0 Å².